The average molecular weight is 288 g/mol. The van der Waals surface area contributed by atoms with E-state index in [0.29, 0.717) is 10.4 Å². The fourth-order valence-electron chi connectivity index (χ4n) is 1.84. The Hall–Kier alpha value is -1.27. The van der Waals surface area contributed by atoms with Crippen LogP contribution in [0, 0.1) is 0 Å². The number of benzene rings is 1. The number of nitrogens with one attached hydrogen (secondary N) is 2. The van der Waals surface area contributed by atoms with Crippen molar-refractivity contribution in [2.75, 3.05) is 11.0 Å². The maximum atomic E-state index is 11.3. The molecule has 0 aliphatic carbocycles. The maximum Gasteiger partial charge on any atom is 0.231 e. The first kappa shape index (κ1) is 13.2. The van der Waals surface area contributed by atoms with Gasteiger partial charge in [-0.25, -0.2) is 8.42 Å². The number of rotatable bonds is 3. The second-order valence-corrected chi connectivity index (χ2v) is 6.64. The van der Waals surface area contributed by atoms with Crippen LogP contribution in [0.25, 0.3) is 10.9 Å². The van der Waals surface area contributed by atoms with Crippen molar-refractivity contribution in [3.63, 3.8) is 0 Å². The van der Waals surface area contributed by atoms with Gasteiger partial charge in [-0.15, -0.1) is 0 Å². The van der Waals surface area contributed by atoms with Gasteiger partial charge in [0.1, 0.15) is 0 Å². The molecule has 0 aliphatic heterocycles. The Morgan fingerprint density at radius 1 is 1.39 bits per heavy atom. The third-order valence-electron chi connectivity index (χ3n) is 2.61. The van der Waals surface area contributed by atoms with Crippen LogP contribution in [0.1, 0.15) is 25.3 Å². The molecule has 0 atom stereocenters. The smallest absolute Gasteiger partial charge is 0.231 e. The van der Waals surface area contributed by atoms with E-state index >= 15 is 0 Å². The number of sulfonamides is 1. The largest absolute Gasteiger partial charge is 0.275 e. The van der Waals surface area contributed by atoms with Gasteiger partial charge >= 0.3 is 0 Å². The highest BCUT2D eigenvalue weighted by atomic mass is 35.5. The molecule has 7 heteroatoms. The molecule has 0 bridgehead atoms. The van der Waals surface area contributed by atoms with Crippen LogP contribution in [0.4, 0.5) is 5.82 Å². The van der Waals surface area contributed by atoms with E-state index in [9.17, 15) is 8.42 Å². The zero-order chi connectivity index (χ0) is 13.5. The topological polar surface area (TPSA) is 74.8 Å². The summed E-state index contributed by atoms with van der Waals surface area (Å²) in [5.74, 6) is 0.524. The average Bonchev–Trinajstić information content (AvgIpc) is 2.60. The van der Waals surface area contributed by atoms with E-state index in [-0.39, 0.29) is 11.7 Å². The number of hydrogen-bond donors (Lipinski definition) is 2. The van der Waals surface area contributed by atoms with Gasteiger partial charge in [0.15, 0.2) is 5.82 Å². The summed E-state index contributed by atoms with van der Waals surface area (Å²) >= 11 is 6.11. The molecule has 2 N–H and O–H groups in total. The molecule has 5 nitrogen and oxygen atoms in total. The van der Waals surface area contributed by atoms with E-state index in [0.717, 1.165) is 17.3 Å². The zero-order valence-electron chi connectivity index (χ0n) is 10.3. The lowest BCUT2D eigenvalue weighted by Gasteiger charge is -2.07. The van der Waals surface area contributed by atoms with Crippen LogP contribution in [-0.2, 0) is 10.0 Å². The molecule has 1 aromatic carbocycles. The van der Waals surface area contributed by atoms with E-state index in [1.807, 2.05) is 19.9 Å². The van der Waals surface area contributed by atoms with E-state index in [2.05, 4.69) is 14.9 Å². The Morgan fingerprint density at radius 2 is 2.06 bits per heavy atom. The van der Waals surface area contributed by atoms with Gasteiger partial charge in [0.2, 0.25) is 10.0 Å². The molecule has 0 saturated heterocycles. The van der Waals surface area contributed by atoms with Gasteiger partial charge in [-0.2, -0.15) is 5.10 Å². The summed E-state index contributed by atoms with van der Waals surface area (Å²) < 4.78 is 24.9. The second-order valence-electron chi connectivity index (χ2n) is 4.49. The molecule has 2 rings (SSSR count). The van der Waals surface area contributed by atoms with Crippen molar-refractivity contribution in [3.05, 3.63) is 22.7 Å². The number of fused-ring (bicyclic) bond motifs is 1. The van der Waals surface area contributed by atoms with Gasteiger partial charge in [0.25, 0.3) is 0 Å². The van der Waals surface area contributed by atoms with Crippen LogP contribution in [0.15, 0.2) is 12.1 Å². The monoisotopic (exact) mass is 287 g/mol. The minimum atomic E-state index is -3.38. The highest BCUT2D eigenvalue weighted by molar-refractivity contribution is 7.92. The molecule has 98 valence electrons. The summed E-state index contributed by atoms with van der Waals surface area (Å²) in [7, 11) is -3.38. The number of halogens is 1. The third kappa shape index (κ3) is 2.44. The van der Waals surface area contributed by atoms with Gasteiger partial charge < -0.3 is 0 Å². The Kier molecular flexibility index (Phi) is 3.25. The van der Waals surface area contributed by atoms with Crippen molar-refractivity contribution in [2.24, 2.45) is 0 Å². The summed E-state index contributed by atoms with van der Waals surface area (Å²) in [5, 5.41) is 7.90. The molecule has 0 radical (unpaired) electrons. The SMILES string of the molecule is CC(C)c1ccc(Cl)c2c(NS(C)(=O)=O)n[nH]c12. The lowest BCUT2D eigenvalue weighted by atomic mass is 10.0. The Bertz CT molecular complexity index is 692. The zero-order valence-corrected chi connectivity index (χ0v) is 11.9. The van der Waals surface area contributed by atoms with Crippen molar-refractivity contribution >= 4 is 38.3 Å². The minimum absolute atomic E-state index is 0.236. The molecule has 0 amide bonds. The molecule has 1 aromatic heterocycles. The third-order valence-corrected chi connectivity index (χ3v) is 3.49. The first-order chi connectivity index (χ1) is 8.29. The van der Waals surface area contributed by atoms with E-state index < -0.39 is 10.0 Å². The van der Waals surface area contributed by atoms with Crippen molar-refractivity contribution in [2.45, 2.75) is 19.8 Å². The lowest BCUT2D eigenvalue weighted by molar-refractivity contribution is 0.606. The Labute approximate surface area is 111 Å². The fraction of sp³-hybridized carbons (Fsp3) is 0.364. The van der Waals surface area contributed by atoms with Crippen LogP contribution < -0.4 is 4.72 Å². The summed E-state index contributed by atoms with van der Waals surface area (Å²) in [5.41, 5.74) is 1.81. The Morgan fingerprint density at radius 3 is 2.61 bits per heavy atom. The van der Waals surface area contributed by atoms with Crippen LogP contribution in [0.3, 0.4) is 0 Å². The summed E-state index contributed by atoms with van der Waals surface area (Å²) in [6.45, 7) is 4.10. The van der Waals surface area contributed by atoms with Crippen LogP contribution in [-0.4, -0.2) is 24.9 Å². The van der Waals surface area contributed by atoms with E-state index in [4.69, 9.17) is 11.6 Å². The Balaban J connectivity index is 2.69. The minimum Gasteiger partial charge on any atom is -0.275 e. The van der Waals surface area contributed by atoms with Crippen molar-refractivity contribution in [1.29, 1.82) is 0 Å². The molecule has 0 fully saturated rings. The van der Waals surface area contributed by atoms with E-state index in [1.165, 1.54) is 0 Å². The lowest BCUT2D eigenvalue weighted by Crippen LogP contribution is -2.10. The molecule has 1 heterocycles. The molecule has 0 saturated carbocycles. The molecule has 0 unspecified atom stereocenters. The van der Waals surface area contributed by atoms with Gasteiger partial charge in [-0.05, 0) is 17.5 Å². The highest BCUT2D eigenvalue weighted by Gasteiger charge is 2.16. The fourth-order valence-corrected chi connectivity index (χ4v) is 2.59. The van der Waals surface area contributed by atoms with Crippen molar-refractivity contribution in [1.82, 2.24) is 10.2 Å². The van der Waals surface area contributed by atoms with Gasteiger partial charge in [0, 0.05) is 0 Å². The second kappa shape index (κ2) is 4.44. The highest BCUT2D eigenvalue weighted by Crippen LogP contribution is 2.33. The predicted molar refractivity (Wildman–Crippen MR) is 73.7 cm³/mol. The molecular formula is C11H14ClN3O2S. The van der Waals surface area contributed by atoms with Crippen LogP contribution >= 0.6 is 11.6 Å². The van der Waals surface area contributed by atoms with Crippen LogP contribution in [0.2, 0.25) is 5.02 Å². The van der Waals surface area contributed by atoms with Crippen LogP contribution in [0.5, 0.6) is 0 Å². The number of H-pyrrole nitrogens is 1. The molecule has 0 aliphatic rings. The quantitative estimate of drug-likeness (QED) is 0.911. The molecule has 18 heavy (non-hydrogen) atoms. The summed E-state index contributed by atoms with van der Waals surface area (Å²) in [6.07, 6.45) is 1.08. The molecule has 2 aromatic rings. The van der Waals surface area contributed by atoms with E-state index in [1.54, 1.807) is 6.07 Å². The number of hydrogen-bond acceptors (Lipinski definition) is 3. The first-order valence-corrected chi connectivity index (χ1v) is 7.71. The van der Waals surface area contributed by atoms with Gasteiger partial charge in [-0.1, -0.05) is 31.5 Å². The van der Waals surface area contributed by atoms with Crippen molar-refractivity contribution < 1.29 is 8.42 Å². The molecule has 0 spiro atoms. The number of nitrogens with zero attached hydrogens (tertiary/aromatic N) is 1. The van der Waals surface area contributed by atoms with Gasteiger partial charge in [0.05, 0.1) is 22.2 Å². The number of aromatic nitrogens is 2. The van der Waals surface area contributed by atoms with Crippen molar-refractivity contribution in [3.8, 4) is 0 Å². The maximum absolute atomic E-state index is 11.3. The molecular weight excluding hydrogens is 274 g/mol. The normalized spacial score (nSPS) is 12.3. The standard InChI is InChI=1S/C11H14ClN3O2S/c1-6(2)7-4-5-8(12)9-10(7)13-14-11(9)15-18(3,16)17/h4-6H,1-3H3,(H2,13,14,15). The number of aromatic amines is 1. The summed E-state index contributed by atoms with van der Waals surface area (Å²) in [4.78, 5) is 0. The summed E-state index contributed by atoms with van der Waals surface area (Å²) in [6, 6.07) is 3.67. The predicted octanol–water partition coefficient (Wildman–Crippen LogP) is 2.71. The number of anilines is 1. The van der Waals surface area contributed by atoms with Gasteiger partial charge in [-0.3, -0.25) is 9.82 Å². The first-order valence-electron chi connectivity index (χ1n) is 5.44.